The maximum absolute atomic E-state index is 10.8. The van der Waals surface area contributed by atoms with Crippen LogP contribution in [0.25, 0.3) is 0 Å². The van der Waals surface area contributed by atoms with Crippen molar-refractivity contribution in [3.63, 3.8) is 0 Å². The summed E-state index contributed by atoms with van der Waals surface area (Å²) in [6.45, 7) is 0.201. The Labute approximate surface area is 97.6 Å². The third-order valence-corrected chi connectivity index (χ3v) is 1.88. The first-order valence-electron chi connectivity index (χ1n) is 4.69. The van der Waals surface area contributed by atoms with E-state index in [1.807, 2.05) is 0 Å². The van der Waals surface area contributed by atoms with E-state index in [4.69, 9.17) is 0 Å². The summed E-state index contributed by atoms with van der Waals surface area (Å²) in [6, 6.07) is 0. The number of amides is 2. The molecule has 98 valence electrons. The molecular weight excluding hydrogens is 234 g/mol. The van der Waals surface area contributed by atoms with E-state index >= 15 is 0 Å². The van der Waals surface area contributed by atoms with Crippen LogP contribution >= 0.6 is 0 Å². The second-order valence-corrected chi connectivity index (χ2v) is 3.41. The Morgan fingerprint density at radius 3 is 1.76 bits per heavy atom. The smallest absolute Gasteiger partial charge is 0.407 e. The lowest BCUT2D eigenvalue weighted by atomic mass is 10.1. The highest BCUT2D eigenvalue weighted by Crippen LogP contribution is 2.10. The van der Waals surface area contributed by atoms with E-state index in [0.29, 0.717) is 0 Å². The lowest BCUT2D eigenvalue weighted by molar-refractivity contribution is -0.571. The molecule has 0 spiro atoms. The molecule has 0 saturated heterocycles. The second kappa shape index (κ2) is 6.51. The monoisotopic (exact) mass is 249 g/mol. The van der Waals surface area contributed by atoms with Crippen molar-refractivity contribution >= 4 is 12.2 Å². The van der Waals surface area contributed by atoms with Crippen LogP contribution < -0.4 is 10.6 Å². The summed E-state index contributed by atoms with van der Waals surface area (Å²) in [5.74, 6) is 0. The molecule has 0 aliphatic carbocycles. The summed E-state index contributed by atoms with van der Waals surface area (Å²) < 4.78 is 9.16. The molecular formula is C8H15N3O6. The maximum atomic E-state index is 10.8. The summed E-state index contributed by atoms with van der Waals surface area (Å²) in [5.41, 5.74) is -1.68. The Kier molecular flexibility index (Phi) is 5.72. The van der Waals surface area contributed by atoms with Gasteiger partial charge in [0.2, 0.25) is 0 Å². The van der Waals surface area contributed by atoms with Gasteiger partial charge in [0.25, 0.3) is 5.54 Å². The minimum Gasteiger partial charge on any atom is -0.442 e. The molecule has 0 unspecified atom stereocenters. The molecule has 0 rings (SSSR count). The molecule has 0 aromatic rings. The highest BCUT2D eigenvalue weighted by Gasteiger charge is 2.40. The molecule has 0 heterocycles. The van der Waals surface area contributed by atoms with Gasteiger partial charge in [0.15, 0.2) is 13.2 Å². The van der Waals surface area contributed by atoms with Gasteiger partial charge in [0, 0.05) is 25.9 Å². The van der Waals surface area contributed by atoms with Gasteiger partial charge in [-0.3, -0.25) is 10.1 Å². The molecule has 0 aliphatic heterocycles. The molecule has 2 amide bonds. The highest BCUT2D eigenvalue weighted by molar-refractivity contribution is 5.67. The van der Waals surface area contributed by atoms with Crippen LogP contribution in [-0.4, -0.2) is 50.0 Å². The zero-order valence-corrected chi connectivity index (χ0v) is 9.81. The van der Waals surface area contributed by atoms with Gasteiger partial charge in [-0.25, -0.2) is 9.59 Å². The third-order valence-electron chi connectivity index (χ3n) is 1.88. The number of carbonyl (C=O) groups excluding carboxylic acids is 2. The number of carbonyl (C=O) groups is 2. The van der Waals surface area contributed by atoms with Crippen LogP contribution in [0.5, 0.6) is 0 Å². The van der Waals surface area contributed by atoms with Gasteiger partial charge in [-0.15, -0.1) is 0 Å². The van der Waals surface area contributed by atoms with E-state index in [9.17, 15) is 19.7 Å². The van der Waals surface area contributed by atoms with Crippen molar-refractivity contribution < 1.29 is 24.0 Å². The molecule has 9 nitrogen and oxygen atoms in total. The van der Waals surface area contributed by atoms with Gasteiger partial charge in [-0.2, -0.15) is 0 Å². The predicted octanol–water partition coefficient (Wildman–Crippen LogP) is -0.266. The largest absolute Gasteiger partial charge is 0.442 e. The fourth-order valence-corrected chi connectivity index (χ4v) is 0.733. The molecule has 0 radical (unpaired) electrons. The van der Waals surface area contributed by atoms with Crippen LogP contribution in [0, 0.1) is 10.1 Å². The van der Waals surface area contributed by atoms with Gasteiger partial charge >= 0.3 is 12.2 Å². The second-order valence-electron chi connectivity index (χ2n) is 3.41. The summed E-state index contributed by atoms with van der Waals surface area (Å²) in [7, 11) is 2.65. The van der Waals surface area contributed by atoms with Crippen molar-refractivity contribution in [2.75, 3.05) is 27.3 Å². The van der Waals surface area contributed by atoms with Gasteiger partial charge in [0.05, 0.1) is 0 Å². The molecule has 0 atom stereocenters. The third kappa shape index (κ3) is 5.00. The lowest BCUT2D eigenvalue weighted by Crippen LogP contribution is -2.46. The van der Waals surface area contributed by atoms with E-state index in [0.717, 1.165) is 0 Å². The molecule has 9 heteroatoms. The van der Waals surface area contributed by atoms with E-state index < -0.39 is 35.9 Å². The number of nitrogens with zero attached hydrogens (tertiary/aromatic N) is 1. The minimum absolute atomic E-state index is 0.503. The Hall–Kier alpha value is -2.06. The molecule has 0 bridgehead atoms. The van der Waals surface area contributed by atoms with E-state index in [-0.39, 0.29) is 0 Å². The van der Waals surface area contributed by atoms with Crippen molar-refractivity contribution in [3.8, 4) is 0 Å². The Balaban J connectivity index is 4.41. The number of hydrogen-bond donors (Lipinski definition) is 2. The summed E-state index contributed by atoms with van der Waals surface area (Å²) >= 11 is 0. The van der Waals surface area contributed by atoms with Crippen LogP contribution in [-0.2, 0) is 9.47 Å². The number of rotatable bonds is 5. The van der Waals surface area contributed by atoms with Crippen molar-refractivity contribution in [3.05, 3.63) is 10.1 Å². The Bertz CT molecular complexity index is 286. The predicted molar refractivity (Wildman–Crippen MR) is 56.2 cm³/mol. The number of hydrogen-bond acceptors (Lipinski definition) is 6. The standard InChI is InChI=1S/C8H15N3O6/c1-8(11(14)15,4-16-6(12)9-2)5-17-7(13)10-3/h4-5H2,1-3H3,(H,9,12)(H,10,13). The first-order valence-corrected chi connectivity index (χ1v) is 4.69. The molecule has 0 aromatic carbocycles. The maximum Gasteiger partial charge on any atom is 0.407 e. The molecule has 17 heavy (non-hydrogen) atoms. The fourth-order valence-electron chi connectivity index (χ4n) is 0.733. The first-order chi connectivity index (χ1) is 7.85. The van der Waals surface area contributed by atoms with Crippen molar-refractivity contribution in [2.24, 2.45) is 0 Å². The van der Waals surface area contributed by atoms with Gasteiger partial charge in [0.1, 0.15) is 0 Å². The lowest BCUT2D eigenvalue weighted by Gasteiger charge is -2.20. The Morgan fingerprint density at radius 1 is 1.18 bits per heavy atom. The minimum atomic E-state index is -1.68. The first kappa shape index (κ1) is 14.9. The fraction of sp³-hybridized carbons (Fsp3) is 0.750. The van der Waals surface area contributed by atoms with Crippen molar-refractivity contribution in [2.45, 2.75) is 12.5 Å². The average molecular weight is 249 g/mol. The van der Waals surface area contributed by atoms with Crippen molar-refractivity contribution in [1.82, 2.24) is 10.6 Å². The molecule has 0 aromatic heterocycles. The van der Waals surface area contributed by atoms with Gasteiger partial charge < -0.3 is 20.1 Å². The highest BCUT2D eigenvalue weighted by atomic mass is 16.6. The van der Waals surface area contributed by atoms with E-state index in [2.05, 4.69) is 20.1 Å². The van der Waals surface area contributed by atoms with Crippen molar-refractivity contribution in [1.29, 1.82) is 0 Å². The molecule has 0 fully saturated rings. The van der Waals surface area contributed by atoms with Gasteiger partial charge in [-0.05, 0) is 0 Å². The van der Waals surface area contributed by atoms with Crippen LogP contribution in [0.1, 0.15) is 6.92 Å². The molecule has 2 N–H and O–H groups in total. The summed E-state index contributed by atoms with van der Waals surface area (Å²) in [6.07, 6.45) is -1.59. The number of nitro groups is 1. The zero-order valence-electron chi connectivity index (χ0n) is 9.81. The zero-order chi connectivity index (χ0) is 13.5. The average Bonchev–Trinajstić information content (AvgIpc) is 2.32. The van der Waals surface area contributed by atoms with Crippen LogP contribution in [0.3, 0.4) is 0 Å². The van der Waals surface area contributed by atoms with Crippen LogP contribution in [0.2, 0.25) is 0 Å². The molecule has 0 saturated carbocycles. The summed E-state index contributed by atoms with van der Waals surface area (Å²) in [4.78, 5) is 31.7. The van der Waals surface area contributed by atoms with Crippen LogP contribution in [0.4, 0.5) is 9.59 Å². The van der Waals surface area contributed by atoms with E-state index in [1.165, 1.54) is 21.0 Å². The Morgan fingerprint density at radius 2 is 1.53 bits per heavy atom. The number of alkyl carbamates (subject to hydrolysis) is 2. The number of ether oxygens (including phenoxy) is 2. The number of nitrogens with one attached hydrogen (secondary N) is 2. The van der Waals surface area contributed by atoms with Crippen LogP contribution in [0.15, 0.2) is 0 Å². The molecule has 0 aliphatic rings. The quantitative estimate of drug-likeness (QED) is 0.511. The van der Waals surface area contributed by atoms with Gasteiger partial charge in [-0.1, -0.05) is 0 Å². The SMILES string of the molecule is CNC(=O)OCC(C)(COC(=O)NC)[N+](=O)[O-]. The normalized spacial score (nSPS) is 10.3. The van der Waals surface area contributed by atoms with E-state index in [1.54, 1.807) is 0 Å². The summed E-state index contributed by atoms with van der Waals surface area (Å²) in [5, 5.41) is 15.1. The topological polar surface area (TPSA) is 120 Å².